The summed E-state index contributed by atoms with van der Waals surface area (Å²) in [6, 6.07) is 0. The summed E-state index contributed by atoms with van der Waals surface area (Å²) in [5.74, 6) is 0. The Balaban J connectivity index is 4.26. The van der Waals surface area contributed by atoms with Gasteiger partial charge in [-0.3, -0.25) is 0 Å². The molecule has 0 atom stereocenters. The van der Waals surface area contributed by atoms with Gasteiger partial charge in [-0.2, -0.15) is 0 Å². The quantitative estimate of drug-likeness (QED) is 0.221. The van der Waals surface area contributed by atoms with Gasteiger partial charge in [0.05, 0.1) is 0 Å². The molecule has 0 unspecified atom stereocenters. The van der Waals surface area contributed by atoms with E-state index in [2.05, 4.69) is 48.0 Å². The molecule has 0 bridgehead atoms. The first-order valence-corrected chi connectivity index (χ1v) is 12.7. The van der Waals surface area contributed by atoms with Crippen LogP contribution in [0.15, 0.2) is 12.3 Å². The minimum Gasteiger partial charge on any atom is -0.310 e. The molecule has 3 nitrogen and oxygen atoms in total. The molecule has 0 heterocycles. The summed E-state index contributed by atoms with van der Waals surface area (Å²) in [6.45, 7) is 14.3. The van der Waals surface area contributed by atoms with Crippen LogP contribution in [0.4, 0.5) is 0 Å². The Morgan fingerprint density at radius 3 is 1.17 bits per heavy atom. The highest BCUT2D eigenvalue weighted by atomic mass is 28.4. The minimum atomic E-state index is -1.94. The average molecular weight is 356 g/mol. The third kappa shape index (κ3) is 13.2. The Morgan fingerprint density at radius 2 is 0.917 bits per heavy atom. The van der Waals surface area contributed by atoms with Crippen LogP contribution < -0.4 is 14.9 Å². The second kappa shape index (κ2) is 17.7. The fourth-order valence-corrected chi connectivity index (χ4v) is 5.44. The SMILES string of the molecule is C=C[Si](NCCCCCC)(NCCCCCC)NCCCCCC. The van der Waals surface area contributed by atoms with Gasteiger partial charge in [-0.15, -0.1) is 6.58 Å². The summed E-state index contributed by atoms with van der Waals surface area (Å²) in [7, 11) is -1.94. The maximum atomic E-state index is 4.15. The zero-order chi connectivity index (χ0) is 17.9. The molecule has 24 heavy (non-hydrogen) atoms. The van der Waals surface area contributed by atoms with Crippen molar-refractivity contribution in [3.63, 3.8) is 0 Å². The van der Waals surface area contributed by atoms with Crippen LogP contribution in [0.1, 0.15) is 97.8 Å². The van der Waals surface area contributed by atoms with E-state index in [9.17, 15) is 0 Å². The first kappa shape index (κ1) is 23.8. The van der Waals surface area contributed by atoms with Crippen molar-refractivity contribution in [1.82, 2.24) is 14.9 Å². The van der Waals surface area contributed by atoms with Crippen LogP contribution in [0.5, 0.6) is 0 Å². The van der Waals surface area contributed by atoms with Crippen LogP contribution in [0.25, 0.3) is 0 Å². The standard InChI is InChI=1S/C20H45N3Si/c1-5-9-12-15-18-21-24(8-4,22-19-16-13-10-6-2)23-20-17-14-11-7-3/h8,21-23H,4-7,9-20H2,1-3H3. The predicted molar refractivity (Wildman–Crippen MR) is 112 cm³/mol. The Bertz CT molecular complexity index is 236. The van der Waals surface area contributed by atoms with Crippen molar-refractivity contribution in [2.24, 2.45) is 0 Å². The van der Waals surface area contributed by atoms with E-state index in [1.165, 1.54) is 77.0 Å². The van der Waals surface area contributed by atoms with Gasteiger partial charge in [0.1, 0.15) is 0 Å². The van der Waals surface area contributed by atoms with E-state index in [-0.39, 0.29) is 0 Å². The van der Waals surface area contributed by atoms with Crippen molar-refractivity contribution in [2.75, 3.05) is 19.6 Å². The van der Waals surface area contributed by atoms with Crippen LogP contribution in [-0.4, -0.2) is 28.2 Å². The van der Waals surface area contributed by atoms with Crippen LogP contribution in [-0.2, 0) is 0 Å². The third-order valence-electron chi connectivity index (χ3n) is 4.61. The fraction of sp³-hybridized carbons (Fsp3) is 0.900. The highest BCUT2D eigenvalue weighted by Gasteiger charge is 2.28. The van der Waals surface area contributed by atoms with Gasteiger partial charge in [0.2, 0.25) is 0 Å². The molecular formula is C20H45N3Si. The number of rotatable bonds is 19. The molecule has 0 radical (unpaired) electrons. The van der Waals surface area contributed by atoms with Gasteiger partial charge in [0.25, 0.3) is 0 Å². The zero-order valence-corrected chi connectivity index (χ0v) is 17.9. The molecule has 0 rings (SSSR count). The smallest absolute Gasteiger partial charge is 0.307 e. The topological polar surface area (TPSA) is 36.1 Å². The number of hydrogen-bond donors (Lipinski definition) is 3. The van der Waals surface area contributed by atoms with Gasteiger partial charge in [-0.25, -0.2) is 0 Å². The average Bonchev–Trinajstić information content (AvgIpc) is 2.60. The van der Waals surface area contributed by atoms with E-state index in [1.54, 1.807) is 0 Å². The van der Waals surface area contributed by atoms with Gasteiger partial charge in [-0.05, 0) is 38.9 Å². The van der Waals surface area contributed by atoms with E-state index in [1.807, 2.05) is 0 Å². The summed E-state index contributed by atoms with van der Waals surface area (Å²) in [5.41, 5.74) is 2.16. The van der Waals surface area contributed by atoms with Gasteiger partial charge in [0, 0.05) is 0 Å². The summed E-state index contributed by atoms with van der Waals surface area (Å²) < 4.78 is 0. The Labute approximate surface area is 153 Å². The molecule has 0 amide bonds. The van der Waals surface area contributed by atoms with Crippen molar-refractivity contribution in [3.05, 3.63) is 12.3 Å². The lowest BCUT2D eigenvalue weighted by Gasteiger charge is -2.31. The highest BCUT2D eigenvalue weighted by Crippen LogP contribution is 2.03. The van der Waals surface area contributed by atoms with E-state index in [4.69, 9.17) is 0 Å². The molecule has 0 aliphatic rings. The van der Waals surface area contributed by atoms with Crippen molar-refractivity contribution >= 4 is 8.56 Å². The first-order valence-electron chi connectivity index (χ1n) is 10.6. The molecule has 0 aromatic carbocycles. The lowest BCUT2D eigenvalue weighted by Crippen LogP contribution is -2.71. The summed E-state index contributed by atoms with van der Waals surface area (Å²) >= 11 is 0. The molecule has 0 aliphatic heterocycles. The van der Waals surface area contributed by atoms with Gasteiger partial charge in [0.15, 0.2) is 0 Å². The number of unbranched alkanes of at least 4 members (excludes halogenated alkanes) is 9. The monoisotopic (exact) mass is 355 g/mol. The Hall–Kier alpha value is -0.163. The molecule has 144 valence electrons. The normalized spacial score (nSPS) is 11.8. The second-order valence-corrected chi connectivity index (χ2v) is 10.1. The number of nitrogens with one attached hydrogen (secondary N) is 3. The van der Waals surface area contributed by atoms with Crippen molar-refractivity contribution in [3.8, 4) is 0 Å². The molecule has 0 aliphatic carbocycles. The van der Waals surface area contributed by atoms with Gasteiger partial charge >= 0.3 is 8.56 Å². The summed E-state index contributed by atoms with van der Waals surface area (Å²) in [5, 5.41) is 0. The Morgan fingerprint density at radius 1 is 0.583 bits per heavy atom. The molecule has 3 N–H and O–H groups in total. The van der Waals surface area contributed by atoms with E-state index < -0.39 is 8.56 Å². The van der Waals surface area contributed by atoms with Gasteiger partial charge < -0.3 is 14.9 Å². The number of hydrogen-bond acceptors (Lipinski definition) is 3. The van der Waals surface area contributed by atoms with Crippen LogP contribution in [0, 0.1) is 0 Å². The molecule has 0 saturated heterocycles. The maximum absolute atomic E-state index is 4.15. The first-order chi connectivity index (χ1) is 11.7. The van der Waals surface area contributed by atoms with Crippen molar-refractivity contribution < 1.29 is 0 Å². The lowest BCUT2D eigenvalue weighted by atomic mass is 10.2. The lowest BCUT2D eigenvalue weighted by molar-refractivity contribution is 0.609. The van der Waals surface area contributed by atoms with Crippen LogP contribution in [0.2, 0.25) is 0 Å². The molecule has 0 aromatic rings. The zero-order valence-electron chi connectivity index (χ0n) is 16.9. The highest BCUT2D eigenvalue weighted by molar-refractivity contribution is 6.77. The molecule has 0 saturated carbocycles. The molecule has 0 spiro atoms. The van der Waals surface area contributed by atoms with Crippen molar-refractivity contribution in [2.45, 2.75) is 97.8 Å². The van der Waals surface area contributed by atoms with E-state index in [0.29, 0.717) is 0 Å². The minimum absolute atomic E-state index is 1.10. The largest absolute Gasteiger partial charge is 0.310 e. The van der Waals surface area contributed by atoms with Crippen LogP contribution >= 0.6 is 0 Å². The molecular weight excluding hydrogens is 310 g/mol. The van der Waals surface area contributed by atoms with Gasteiger partial charge in [-0.1, -0.05) is 84.3 Å². The Kier molecular flexibility index (Phi) is 17.5. The van der Waals surface area contributed by atoms with E-state index in [0.717, 1.165) is 19.6 Å². The summed E-state index contributed by atoms with van der Waals surface area (Å²) in [4.78, 5) is 11.5. The van der Waals surface area contributed by atoms with E-state index >= 15 is 0 Å². The molecule has 0 fully saturated rings. The molecule has 4 heteroatoms. The fourth-order valence-electron chi connectivity index (χ4n) is 2.92. The third-order valence-corrected chi connectivity index (χ3v) is 7.64. The summed E-state index contributed by atoms with van der Waals surface area (Å²) in [6.07, 6.45) is 15.7. The van der Waals surface area contributed by atoms with Crippen molar-refractivity contribution in [1.29, 1.82) is 0 Å². The maximum Gasteiger partial charge on any atom is 0.307 e. The predicted octanol–water partition coefficient (Wildman–Crippen LogP) is 5.16. The molecule has 0 aromatic heterocycles. The van der Waals surface area contributed by atoms with Crippen LogP contribution in [0.3, 0.4) is 0 Å². The second-order valence-electron chi connectivity index (χ2n) is 6.97.